The quantitative estimate of drug-likeness (QED) is 0.858. The lowest BCUT2D eigenvalue weighted by atomic mass is 10.0. The predicted octanol–water partition coefficient (Wildman–Crippen LogP) is 2.11. The SMILES string of the molecule is CC1CN(C2CC2)CC1NC1CCN(C2CC2)CC1.Cl. The van der Waals surface area contributed by atoms with Crippen molar-refractivity contribution in [3.05, 3.63) is 0 Å². The first-order chi connectivity index (χ1) is 9.29. The number of rotatable bonds is 4. The molecule has 1 N–H and O–H groups in total. The summed E-state index contributed by atoms with van der Waals surface area (Å²) in [6.07, 6.45) is 8.60. The van der Waals surface area contributed by atoms with Gasteiger partial charge in [0, 0.05) is 37.3 Å². The molecule has 4 heteroatoms. The molecule has 0 aromatic heterocycles. The molecule has 2 aliphatic heterocycles. The molecule has 0 bridgehead atoms. The Hall–Kier alpha value is 0.170. The van der Waals surface area contributed by atoms with E-state index >= 15 is 0 Å². The molecule has 2 heterocycles. The first-order valence-corrected chi connectivity index (χ1v) is 8.54. The van der Waals surface area contributed by atoms with Crippen LogP contribution in [0.3, 0.4) is 0 Å². The van der Waals surface area contributed by atoms with Crippen LogP contribution in [-0.4, -0.2) is 60.1 Å². The number of hydrogen-bond donors (Lipinski definition) is 1. The first kappa shape index (κ1) is 15.1. The summed E-state index contributed by atoms with van der Waals surface area (Å²) in [5.41, 5.74) is 0. The normalized spacial score (nSPS) is 37.0. The summed E-state index contributed by atoms with van der Waals surface area (Å²) in [6, 6.07) is 3.47. The second-order valence-corrected chi connectivity index (χ2v) is 7.48. The van der Waals surface area contributed by atoms with Crippen LogP contribution >= 0.6 is 12.4 Å². The van der Waals surface area contributed by atoms with E-state index in [1.807, 2.05) is 0 Å². The van der Waals surface area contributed by atoms with Gasteiger partial charge in [-0.2, -0.15) is 0 Å². The number of piperidine rings is 1. The maximum atomic E-state index is 3.99. The molecule has 4 fully saturated rings. The summed E-state index contributed by atoms with van der Waals surface area (Å²) < 4.78 is 0. The third-order valence-corrected chi connectivity index (χ3v) is 5.75. The molecule has 0 spiro atoms. The zero-order chi connectivity index (χ0) is 12.8. The van der Waals surface area contributed by atoms with E-state index in [4.69, 9.17) is 0 Å². The van der Waals surface area contributed by atoms with Gasteiger partial charge in [0.25, 0.3) is 0 Å². The van der Waals surface area contributed by atoms with Gasteiger partial charge in [-0.05, 0) is 57.5 Å². The Bertz CT molecular complexity index is 322. The molecule has 2 atom stereocenters. The second kappa shape index (κ2) is 6.12. The molecular weight excluding hydrogens is 270 g/mol. The maximum absolute atomic E-state index is 3.99. The van der Waals surface area contributed by atoms with Gasteiger partial charge in [-0.25, -0.2) is 0 Å². The van der Waals surface area contributed by atoms with Crippen LogP contribution in [0.5, 0.6) is 0 Å². The summed E-state index contributed by atoms with van der Waals surface area (Å²) >= 11 is 0. The Morgan fingerprint density at radius 3 is 2.00 bits per heavy atom. The molecule has 2 saturated carbocycles. The number of nitrogens with zero attached hydrogens (tertiary/aromatic N) is 2. The standard InChI is InChI=1S/C16H29N3.ClH/c1-12-10-19(15-4-5-15)11-16(12)17-13-6-8-18(9-7-13)14-2-3-14;/h12-17H,2-11H2,1H3;1H. The highest BCUT2D eigenvalue weighted by Crippen LogP contribution is 2.33. The van der Waals surface area contributed by atoms with Gasteiger partial charge in [-0.15, -0.1) is 12.4 Å². The Labute approximate surface area is 129 Å². The highest BCUT2D eigenvalue weighted by molar-refractivity contribution is 5.85. The zero-order valence-corrected chi connectivity index (χ0v) is 13.6. The van der Waals surface area contributed by atoms with Gasteiger partial charge in [0.1, 0.15) is 0 Å². The average Bonchev–Trinajstić information content (AvgIpc) is 3.30. The van der Waals surface area contributed by atoms with E-state index < -0.39 is 0 Å². The summed E-state index contributed by atoms with van der Waals surface area (Å²) in [4.78, 5) is 5.47. The Morgan fingerprint density at radius 2 is 1.40 bits per heavy atom. The number of nitrogens with one attached hydrogen (secondary N) is 1. The van der Waals surface area contributed by atoms with Crippen molar-refractivity contribution < 1.29 is 0 Å². The molecule has 4 aliphatic rings. The lowest BCUT2D eigenvalue weighted by Gasteiger charge is -2.34. The van der Waals surface area contributed by atoms with Crippen LogP contribution in [0.4, 0.5) is 0 Å². The van der Waals surface area contributed by atoms with Gasteiger partial charge in [-0.3, -0.25) is 4.90 Å². The van der Waals surface area contributed by atoms with Gasteiger partial charge >= 0.3 is 0 Å². The van der Waals surface area contributed by atoms with Gasteiger partial charge in [0.15, 0.2) is 0 Å². The van der Waals surface area contributed by atoms with E-state index in [-0.39, 0.29) is 12.4 Å². The smallest absolute Gasteiger partial charge is 0.0235 e. The third kappa shape index (κ3) is 3.32. The van der Waals surface area contributed by atoms with Gasteiger partial charge in [0.05, 0.1) is 0 Å². The van der Waals surface area contributed by atoms with E-state index in [1.165, 1.54) is 64.7 Å². The molecule has 116 valence electrons. The van der Waals surface area contributed by atoms with E-state index in [1.54, 1.807) is 0 Å². The van der Waals surface area contributed by atoms with Crippen molar-refractivity contribution >= 4 is 12.4 Å². The van der Waals surface area contributed by atoms with Gasteiger partial charge < -0.3 is 10.2 Å². The minimum atomic E-state index is 0. The number of halogens is 1. The molecule has 3 nitrogen and oxygen atoms in total. The van der Waals surface area contributed by atoms with Crippen LogP contribution in [0.15, 0.2) is 0 Å². The number of likely N-dealkylation sites (tertiary alicyclic amines) is 2. The molecule has 2 unspecified atom stereocenters. The van der Waals surface area contributed by atoms with Gasteiger partial charge in [0.2, 0.25) is 0 Å². The summed E-state index contributed by atoms with van der Waals surface area (Å²) in [5.74, 6) is 0.849. The molecule has 2 aliphatic carbocycles. The van der Waals surface area contributed by atoms with Crippen molar-refractivity contribution in [2.24, 2.45) is 5.92 Å². The Morgan fingerprint density at radius 1 is 0.800 bits per heavy atom. The topological polar surface area (TPSA) is 18.5 Å². The minimum absolute atomic E-state index is 0. The van der Waals surface area contributed by atoms with Crippen LogP contribution < -0.4 is 5.32 Å². The molecule has 0 amide bonds. The van der Waals surface area contributed by atoms with Crippen LogP contribution in [0, 0.1) is 5.92 Å². The summed E-state index contributed by atoms with van der Waals surface area (Å²) in [5, 5.41) is 3.99. The van der Waals surface area contributed by atoms with E-state index in [2.05, 4.69) is 22.0 Å². The monoisotopic (exact) mass is 299 g/mol. The van der Waals surface area contributed by atoms with Crippen molar-refractivity contribution in [3.8, 4) is 0 Å². The predicted molar refractivity (Wildman–Crippen MR) is 85.5 cm³/mol. The van der Waals surface area contributed by atoms with Crippen molar-refractivity contribution in [3.63, 3.8) is 0 Å². The zero-order valence-electron chi connectivity index (χ0n) is 12.8. The van der Waals surface area contributed by atoms with E-state index in [9.17, 15) is 0 Å². The summed E-state index contributed by atoms with van der Waals surface area (Å²) in [6.45, 7) is 7.78. The largest absolute Gasteiger partial charge is 0.310 e. The van der Waals surface area contributed by atoms with Crippen molar-refractivity contribution in [2.45, 2.75) is 69.6 Å². The number of hydrogen-bond acceptors (Lipinski definition) is 3. The Kier molecular flexibility index (Phi) is 4.61. The molecule has 0 radical (unpaired) electrons. The van der Waals surface area contributed by atoms with Crippen LogP contribution in [0.2, 0.25) is 0 Å². The van der Waals surface area contributed by atoms with Crippen molar-refractivity contribution in [1.82, 2.24) is 15.1 Å². The van der Waals surface area contributed by atoms with Crippen molar-refractivity contribution in [2.75, 3.05) is 26.2 Å². The van der Waals surface area contributed by atoms with Crippen LogP contribution in [0.1, 0.15) is 45.4 Å². The van der Waals surface area contributed by atoms with E-state index in [0.29, 0.717) is 0 Å². The fraction of sp³-hybridized carbons (Fsp3) is 1.00. The van der Waals surface area contributed by atoms with Crippen molar-refractivity contribution in [1.29, 1.82) is 0 Å². The second-order valence-electron chi connectivity index (χ2n) is 7.48. The molecule has 4 rings (SSSR count). The molecule has 0 aromatic carbocycles. The molecule has 20 heavy (non-hydrogen) atoms. The van der Waals surface area contributed by atoms with E-state index in [0.717, 1.165) is 30.1 Å². The molecule has 0 aromatic rings. The average molecular weight is 300 g/mol. The highest BCUT2D eigenvalue weighted by atomic mass is 35.5. The van der Waals surface area contributed by atoms with Crippen LogP contribution in [0.25, 0.3) is 0 Å². The first-order valence-electron chi connectivity index (χ1n) is 8.54. The molecule has 2 saturated heterocycles. The fourth-order valence-electron chi connectivity index (χ4n) is 4.13. The van der Waals surface area contributed by atoms with Gasteiger partial charge in [-0.1, -0.05) is 6.92 Å². The third-order valence-electron chi connectivity index (χ3n) is 5.75. The molecular formula is C16H30ClN3. The fourth-order valence-corrected chi connectivity index (χ4v) is 4.13. The lowest BCUT2D eigenvalue weighted by molar-refractivity contribution is 0.179. The minimum Gasteiger partial charge on any atom is -0.310 e. The highest BCUT2D eigenvalue weighted by Gasteiger charge is 2.39. The Balaban J connectivity index is 0.00000121. The maximum Gasteiger partial charge on any atom is 0.0235 e. The summed E-state index contributed by atoms with van der Waals surface area (Å²) in [7, 11) is 0. The van der Waals surface area contributed by atoms with Crippen LogP contribution in [-0.2, 0) is 0 Å². The lowest BCUT2D eigenvalue weighted by Crippen LogP contribution is -2.48.